The van der Waals surface area contributed by atoms with Crippen molar-refractivity contribution in [3.05, 3.63) is 59.7 Å². The maximum Gasteiger partial charge on any atom is 0.238 e. The Kier molecular flexibility index (Phi) is 4.52. The van der Waals surface area contributed by atoms with Crippen molar-refractivity contribution in [1.82, 2.24) is 15.5 Å². The number of rotatable bonds is 6. The van der Waals surface area contributed by atoms with Gasteiger partial charge in [-0.2, -0.15) is 4.98 Å². The summed E-state index contributed by atoms with van der Waals surface area (Å²) >= 11 is 0. The molecule has 3 rings (SSSR count). The third-order valence-electron chi connectivity index (χ3n) is 3.39. The third-order valence-corrected chi connectivity index (χ3v) is 3.39. The Hall–Kier alpha value is -2.89. The van der Waals surface area contributed by atoms with Gasteiger partial charge in [-0.1, -0.05) is 35.0 Å². The lowest BCUT2D eigenvalue weighted by Gasteiger charge is -2.04. The summed E-state index contributed by atoms with van der Waals surface area (Å²) in [6.07, 6.45) is 2.24. The topological polar surface area (TPSA) is 81.2 Å². The summed E-state index contributed by atoms with van der Waals surface area (Å²) in [6.45, 7) is 2.55. The summed E-state index contributed by atoms with van der Waals surface area (Å²) in [6, 6.07) is 11.6. The third kappa shape index (κ3) is 4.06. The Labute approximate surface area is 133 Å². The Balaban J connectivity index is 1.46. The van der Waals surface area contributed by atoms with Crippen LogP contribution in [0.2, 0.25) is 0 Å². The number of aryl methyl sites for hydroxylation is 2. The van der Waals surface area contributed by atoms with E-state index in [1.165, 1.54) is 5.56 Å². The minimum atomic E-state index is -0.0525. The van der Waals surface area contributed by atoms with Crippen molar-refractivity contribution >= 4 is 5.91 Å². The average molecular weight is 311 g/mol. The van der Waals surface area contributed by atoms with Gasteiger partial charge < -0.3 is 14.3 Å². The summed E-state index contributed by atoms with van der Waals surface area (Å²) in [7, 11) is 0. The molecule has 0 radical (unpaired) electrons. The zero-order valence-electron chi connectivity index (χ0n) is 12.8. The number of nitrogens with one attached hydrogen (secondary N) is 1. The predicted octanol–water partition coefficient (Wildman–Crippen LogP) is 2.89. The molecular formula is C17H17N3O3. The van der Waals surface area contributed by atoms with E-state index in [4.69, 9.17) is 8.94 Å². The molecule has 23 heavy (non-hydrogen) atoms. The van der Waals surface area contributed by atoms with Crippen LogP contribution >= 0.6 is 0 Å². The number of nitrogens with zero attached hydrogens (tertiary/aromatic N) is 2. The molecule has 0 unspecified atom stereocenters. The number of carbonyl (C=O) groups excluding carboxylic acids is 1. The highest BCUT2D eigenvalue weighted by atomic mass is 16.5. The van der Waals surface area contributed by atoms with Crippen molar-refractivity contribution < 1.29 is 13.7 Å². The maximum absolute atomic E-state index is 11.9. The van der Waals surface area contributed by atoms with Crippen LogP contribution in [-0.2, 0) is 17.8 Å². The maximum atomic E-state index is 11.9. The van der Waals surface area contributed by atoms with Gasteiger partial charge in [0.25, 0.3) is 0 Å². The van der Waals surface area contributed by atoms with E-state index in [-0.39, 0.29) is 5.91 Å². The van der Waals surface area contributed by atoms with E-state index in [9.17, 15) is 4.79 Å². The molecule has 2 aromatic heterocycles. The minimum absolute atomic E-state index is 0.0525. The summed E-state index contributed by atoms with van der Waals surface area (Å²) in [5.74, 6) is 1.30. The molecule has 0 saturated heterocycles. The molecule has 3 aromatic rings. The van der Waals surface area contributed by atoms with Gasteiger partial charge in [-0.05, 0) is 24.6 Å². The van der Waals surface area contributed by atoms with Crippen molar-refractivity contribution in [2.45, 2.75) is 26.3 Å². The first-order valence-electron chi connectivity index (χ1n) is 7.39. The zero-order valence-corrected chi connectivity index (χ0v) is 12.8. The van der Waals surface area contributed by atoms with Gasteiger partial charge in [0.05, 0.1) is 6.26 Å². The average Bonchev–Trinajstić information content (AvgIpc) is 3.23. The van der Waals surface area contributed by atoms with Crippen LogP contribution in [0, 0.1) is 6.92 Å². The van der Waals surface area contributed by atoms with Crippen LogP contribution in [0.4, 0.5) is 0 Å². The monoisotopic (exact) mass is 311 g/mol. The summed E-state index contributed by atoms with van der Waals surface area (Å²) in [5.41, 5.74) is 2.27. The normalized spacial score (nSPS) is 10.7. The van der Waals surface area contributed by atoms with Crippen molar-refractivity contribution in [3.63, 3.8) is 0 Å². The van der Waals surface area contributed by atoms with E-state index < -0.39 is 0 Å². The Morgan fingerprint density at radius 3 is 2.78 bits per heavy atom. The van der Waals surface area contributed by atoms with E-state index in [1.807, 2.05) is 31.2 Å². The SMILES string of the molecule is Cc1ccc(CNC(=O)CCc2nc(-c3ccco3)no2)cc1. The van der Waals surface area contributed by atoms with E-state index in [2.05, 4.69) is 15.5 Å². The molecule has 0 aliphatic carbocycles. The molecule has 1 N–H and O–H groups in total. The predicted molar refractivity (Wildman–Crippen MR) is 83.3 cm³/mol. The largest absolute Gasteiger partial charge is 0.461 e. The summed E-state index contributed by atoms with van der Waals surface area (Å²) in [4.78, 5) is 16.1. The molecule has 0 bridgehead atoms. The fourth-order valence-electron chi connectivity index (χ4n) is 2.08. The molecule has 118 valence electrons. The molecule has 0 atom stereocenters. The van der Waals surface area contributed by atoms with Crippen LogP contribution in [0.1, 0.15) is 23.4 Å². The number of hydrogen-bond donors (Lipinski definition) is 1. The molecule has 0 spiro atoms. The van der Waals surface area contributed by atoms with Crippen LogP contribution in [0.5, 0.6) is 0 Å². The second-order valence-electron chi connectivity index (χ2n) is 5.25. The van der Waals surface area contributed by atoms with Gasteiger partial charge in [0.1, 0.15) is 0 Å². The molecular weight excluding hydrogens is 294 g/mol. The standard InChI is InChI=1S/C17H17N3O3/c1-12-4-6-13(7-5-12)11-18-15(21)8-9-16-19-17(20-23-16)14-3-2-10-22-14/h2-7,10H,8-9,11H2,1H3,(H,18,21). The van der Waals surface area contributed by atoms with Gasteiger partial charge >= 0.3 is 0 Å². The number of furan rings is 1. The second kappa shape index (κ2) is 6.91. The quantitative estimate of drug-likeness (QED) is 0.757. The highest BCUT2D eigenvalue weighted by molar-refractivity contribution is 5.76. The van der Waals surface area contributed by atoms with Crippen LogP contribution < -0.4 is 5.32 Å². The van der Waals surface area contributed by atoms with Gasteiger partial charge in [-0.3, -0.25) is 4.79 Å². The zero-order chi connectivity index (χ0) is 16.1. The van der Waals surface area contributed by atoms with Crippen molar-refractivity contribution in [1.29, 1.82) is 0 Å². The van der Waals surface area contributed by atoms with Gasteiger partial charge in [0, 0.05) is 19.4 Å². The highest BCUT2D eigenvalue weighted by Crippen LogP contribution is 2.16. The first kappa shape index (κ1) is 15.0. The fraction of sp³-hybridized carbons (Fsp3) is 0.235. The lowest BCUT2D eigenvalue weighted by atomic mass is 10.1. The molecule has 0 fully saturated rings. The fourth-order valence-corrected chi connectivity index (χ4v) is 2.08. The molecule has 1 aromatic carbocycles. The van der Waals surface area contributed by atoms with Crippen molar-refractivity contribution in [2.24, 2.45) is 0 Å². The van der Waals surface area contributed by atoms with Crippen LogP contribution in [0.15, 0.2) is 51.6 Å². The van der Waals surface area contributed by atoms with Gasteiger partial charge in [-0.15, -0.1) is 0 Å². The number of hydrogen-bond acceptors (Lipinski definition) is 5. The number of amides is 1. The lowest BCUT2D eigenvalue weighted by molar-refractivity contribution is -0.121. The smallest absolute Gasteiger partial charge is 0.238 e. The van der Waals surface area contributed by atoms with E-state index in [0.29, 0.717) is 36.9 Å². The Morgan fingerprint density at radius 1 is 1.22 bits per heavy atom. The highest BCUT2D eigenvalue weighted by Gasteiger charge is 2.12. The molecule has 6 heteroatoms. The first-order valence-corrected chi connectivity index (χ1v) is 7.39. The van der Waals surface area contributed by atoms with E-state index in [1.54, 1.807) is 18.4 Å². The minimum Gasteiger partial charge on any atom is -0.461 e. The van der Waals surface area contributed by atoms with Gasteiger partial charge in [-0.25, -0.2) is 0 Å². The Morgan fingerprint density at radius 2 is 2.04 bits per heavy atom. The van der Waals surface area contributed by atoms with Crippen molar-refractivity contribution in [3.8, 4) is 11.6 Å². The molecule has 0 saturated carbocycles. The first-order chi connectivity index (χ1) is 11.2. The van der Waals surface area contributed by atoms with Crippen LogP contribution in [-0.4, -0.2) is 16.0 Å². The molecule has 1 amide bonds. The molecule has 6 nitrogen and oxygen atoms in total. The molecule has 2 heterocycles. The number of benzene rings is 1. The van der Waals surface area contributed by atoms with Gasteiger partial charge in [0.15, 0.2) is 5.76 Å². The molecule has 0 aliphatic heterocycles. The van der Waals surface area contributed by atoms with E-state index >= 15 is 0 Å². The Bertz CT molecular complexity index is 761. The van der Waals surface area contributed by atoms with Crippen LogP contribution in [0.3, 0.4) is 0 Å². The second-order valence-corrected chi connectivity index (χ2v) is 5.25. The van der Waals surface area contributed by atoms with Gasteiger partial charge in [0.2, 0.25) is 17.6 Å². The molecule has 0 aliphatic rings. The lowest BCUT2D eigenvalue weighted by Crippen LogP contribution is -2.23. The van der Waals surface area contributed by atoms with Crippen LogP contribution in [0.25, 0.3) is 11.6 Å². The van der Waals surface area contributed by atoms with Crippen molar-refractivity contribution in [2.75, 3.05) is 0 Å². The summed E-state index contributed by atoms with van der Waals surface area (Å²) < 4.78 is 10.3. The number of carbonyl (C=O) groups is 1. The van der Waals surface area contributed by atoms with E-state index in [0.717, 1.165) is 5.56 Å². The summed E-state index contributed by atoms with van der Waals surface area (Å²) in [5, 5.41) is 6.70. The number of aromatic nitrogens is 2.